The summed E-state index contributed by atoms with van der Waals surface area (Å²) in [7, 11) is 0. The summed E-state index contributed by atoms with van der Waals surface area (Å²) >= 11 is 0. The van der Waals surface area contributed by atoms with Crippen LogP contribution >= 0.6 is 0 Å². The number of hydrogen-bond acceptors (Lipinski definition) is 4. The maximum Gasteiger partial charge on any atom is 0.256 e. The van der Waals surface area contributed by atoms with Crippen LogP contribution in [0.2, 0.25) is 0 Å². The molecule has 0 saturated heterocycles. The zero-order valence-corrected chi connectivity index (χ0v) is 18.4. The molecule has 0 atom stereocenters. The van der Waals surface area contributed by atoms with Gasteiger partial charge in [-0.1, -0.05) is 0 Å². The quantitative estimate of drug-likeness (QED) is 0.656. The molecule has 31 heavy (non-hydrogen) atoms. The van der Waals surface area contributed by atoms with Gasteiger partial charge in [0, 0.05) is 29.4 Å². The average Bonchev–Trinajstić information content (AvgIpc) is 3.50. The van der Waals surface area contributed by atoms with Gasteiger partial charge in [-0.3, -0.25) is 9.59 Å². The molecule has 2 aromatic heterocycles. The first-order valence-corrected chi connectivity index (χ1v) is 10.9. The second-order valence-electron chi connectivity index (χ2n) is 9.61. The van der Waals surface area contributed by atoms with E-state index in [1.54, 1.807) is 0 Å². The molecule has 0 bridgehead atoms. The van der Waals surface area contributed by atoms with Crippen LogP contribution in [0.5, 0.6) is 0 Å². The molecule has 1 aliphatic heterocycles. The summed E-state index contributed by atoms with van der Waals surface area (Å²) in [5, 5.41) is 11.5. The van der Waals surface area contributed by atoms with Gasteiger partial charge >= 0.3 is 0 Å². The summed E-state index contributed by atoms with van der Waals surface area (Å²) in [6.07, 6.45) is 3.36. The van der Waals surface area contributed by atoms with Crippen molar-refractivity contribution < 1.29 is 9.59 Å². The third-order valence-corrected chi connectivity index (χ3v) is 5.97. The number of anilines is 2. The third kappa shape index (κ3) is 3.58. The number of nitrogens with zero attached hydrogens (tertiary/aromatic N) is 3. The summed E-state index contributed by atoms with van der Waals surface area (Å²) in [5.74, 6) is 0.292. The second kappa shape index (κ2) is 6.90. The van der Waals surface area contributed by atoms with Crippen LogP contribution in [0.15, 0.2) is 24.3 Å². The standard InChI is InChI=1S/C24H27N5O2/c1-13-21-17(12-19(14-5-6-14)27-22(21)29(28-13)24(2,3)4)23(31)25-16-8-9-18-15(11-16)7-10-20(30)26-18/h8-9,11-12,14H,5-7,10H2,1-4H3,(H,25,31)(H,26,30). The molecular weight excluding hydrogens is 390 g/mol. The minimum atomic E-state index is -0.238. The second-order valence-corrected chi connectivity index (χ2v) is 9.61. The average molecular weight is 418 g/mol. The first-order valence-electron chi connectivity index (χ1n) is 10.9. The first kappa shape index (κ1) is 19.7. The minimum Gasteiger partial charge on any atom is -0.326 e. The fourth-order valence-corrected chi connectivity index (χ4v) is 4.20. The molecule has 5 rings (SSSR count). The van der Waals surface area contributed by atoms with Crippen molar-refractivity contribution in [3.63, 3.8) is 0 Å². The van der Waals surface area contributed by atoms with Crippen LogP contribution < -0.4 is 10.6 Å². The molecule has 1 aromatic carbocycles. The van der Waals surface area contributed by atoms with Crippen LogP contribution in [0.1, 0.15) is 73.3 Å². The summed E-state index contributed by atoms with van der Waals surface area (Å²) < 4.78 is 1.93. The van der Waals surface area contributed by atoms with E-state index in [-0.39, 0.29) is 17.4 Å². The van der Waals surface area contributed by atoms with Gasteiger partial charge in [0.15, 0.2) is 5.65 Å². The van der Waals surface area contributed by atoms with Gasteiger partial charge in [-0.2, -0.15) is 5.10 Å². The van der Waals surface area contributed by atoms with E-state index in [9.17, 15) is 9.59 Å². The van der Waals surface area contributed by atoms with Gasteiger partial charge in [0.05, 0.1) is 22.2 Å². The summed E-state index contributed by atoms with van der Waals surface area (Å²) in [4.78, 5) is 29.9. The lowest BCUT2D eigenvalue weighted by Gasteiger charge is -2.20. The van der Waals surface area contributed by atoms with Crippen LogP contribution in [-0.4, -0.2) is 26.6 Å². The van der Waals surface area contributed by atoms with Crippen molar-refractivity contribution in [1.82, 2.24) is 14.8 Å². The van der Waals surface area contributed by atoms with Crippen LogP contribution in [0.4, 0.5) is 11.4 Å². The van der Waals surface area contributed by atoms with Crippen molar-refractivity contribution in [1.29, 1.82) is 0 Å². The molecule has 2 amide bonds. The fraction of sp³-hybridized carbons (Fsp3) is 0.417. The van der Waals surface area contributed by atoms with Crippen molar-refractivity contribution in [2.24, 2.45) is 0 Å². The van der Waals surface area contributed by atoms with E-state index in [4.69, 9.17) is 10.1 Å². The van der Waals surface area contributed by atoms with Crippen molar-refractivity contribution in [2.45, 2.75) is 64.8 Å². The molecule has 160 valence electrons. The van der Waals surface area contributed by atoms with Crippen LogP contribution in [0.25, 0.3) is 11.0 Å². The molecule has 7 heteroatoms. The molecule has 2 aliphatic rings. The van der Waals surface area contributed by atoms with E-state index in [1.165, 1.54) is 0 Å². The molecular formula is C24H27N5O2. The summed E-state index contributed by atoms with van der Waals surface area (Å²) in [6.45, 7) is 8.21. The van der Waals surface area contributed by atoms with Gasteiger partial charge < -0.3 is 10.6 Å². The minimum absolute atomic E-state index is 0.0300. The largest absolute Gasteiger partial charge is 0.326 e. The highest BCUT2D eigenvalue weighted by Gasteiger charge is 2.30. The Kier molecular flexibility index (Phi) is 4.39. The predicted molar refractivity (Wildman–Crippen MR) is 121 cm³/mol. The Bertz CT molecular complexity index is 1230. The highest BCUT2D eigenvalue weighted by molar-refractivity contribution is 6.13. The topological polar surface area (TPSA) is 88.9 Å². The third-order valence-electron chi connectivity index (χ3n) is 5.97. The Morgan fingerprint density at radius 2 is 1.97 bits per heavy atom. The smallest absolute Gasteiger partial charge is 0.256 e. The number of carbonyl (C=O) groups excluding carboxylic acids is 2. The number of nitrogens with one attached hydrogen (secondary N) is 2. The normalized spacial score (nSPS) is 16.2. The van der Waals surface area contributed by atoms with Gasteiger partial charge in [0.2, 0.25) is 5.91 Å². The number of benzene rings is 1. The molecule has 0 radical (unpaired) electrons. The molecule has 1 aliphatic carbocycles. The van der Waals surface area contributed by atoms with E-state index in [0.29, 0.717) is 24.3 Å². The number of aryl methyl sites for hydroxylation is 2. The maximum absolute atomic E-state index is 13.4. The van der Waals surface area contributed by atoms with Gasteiger partial charge in [0.25, 0.3) is 5.91 Å². The Balaban J connectivity index is 1.55. The zero-order valence-electron chi connectivity index (χ0n) is 18.4. The van der Waals surface area contributed by atoms with E-state index in [0.717, 1.165) is 52.2 Å². The number of amides is 2. The van der Waals surface area contributed by atoms with Gasteiger partial charge in [-0.15, -0.1) is 0 Å². The number of carbonyl (C=O) groups is 2. The van der Waals surface area contributed by atoms with Gasteiger partial charge in [-0.05, 0) is 76.8 Å². The molecule has 7 nitrogen and oxygen atoms in total. The zero-order chi connectivity index (χ0) is 21.9. The van der Waals surface area contributed by atoms with Crippen LogP contribution in [0.3, 0.4) is 0 Å². The van der Waals surface area contributed by atoms with E-state index in [1.807, 2.05) is 35.9 Å². The Morgan fingerprint density at radius 3 is 2.68 bits per heavy atom. The van der Waals surface area contributed by atoms with E-state index < -0.39 is 0 Å². The molecule has 1 fully saturated rings. The van der Waals surface area contributed by atoms with E-state index in [2.05, 4.69) is 31.4 Å². The first-order chi connectivity index (χ1) is 14.7. The van der Waals surface area contributed by atoms with Crippen LogP contribution in [-0.2, 0) is 16.8 Å². The Hall–Kier alpha value is -3.22. The Morgan fingerprint density at radius 1 is 1.19 bits per heavy atom. The monoisotopic (exact) mass is 417 g/mol. The highest BCUT2D eigenvalue weighted by atomic mass is 16.2. The highest BCUT2D eigenvalue weighted by Crippen LogP contribution is 2.41. The van der Waals surface area contributed by atoms with Gasteiger partial charge in [-0.25, -0.2) is 9.67 Å². The molecule has 2 N–H and O–H groups in total. The van der Waals surface area contributed by atoms with E-state index >= 15 is 0 Å². The lowest BCUT2D eigenvalue weighted by molar-refractivity contribution is -0.116. The Labute approximate surface area is 181 Å². The number of fused-ring (bicyclic) bond motifs is 2. The molecule has 0 spiro atoms. The molecule has 3 heterocycles. The van der Waals surface area contributed by atoms with Crippen molar-refractivity contribution in [2.75, 3.05) is 10.6 Å². The predicted octanol–water partition coefficient (Wildman–Crippen LogP) is 4.51. The van der Waals surface area contributed by atoms with Crippen LogP contribution in [0, 0.1) is 6.92 Å². The summed E-state index contributed by atoms with van der Waals surface area (Å²) in [6, 6.07) is 7.56. The molecule has 3 aromatic rings. The lowest BCUT2D eigenvalue weighted by atomic mass is 10.0. The van der Waals surface area contributed by atoms with Crippen molar-refractivity contribution in [3.8, 4) is 0 Å². The maximum atomic E-state index is 13.4. The summed E-state index contributed by atoms with van der Waals surface area (Å²) in [5.41, 5.74) is 5.50. The number of pyridine rings is 1. The SMILES string of the molecule is Cc1nn(C(C)(C)C)c2nc(C3CC3)cc(C(=O)Nc3ccc4c(c3)CCC(=O)N4)c12. The number of hydrogen-bond donors (Lipinski definition) is 2. The lowest BCUT2D eigenvalue weighted by Crippen LogP contribution is -2.24. The molecule has 1 saturated carbocycles. The van der Waals surface area contributed by atoms with Crippen molar-refractivity contribution in [3.05, 3.63) is 46.8 Å². The molecule has 0 unspecified atom stereocenters. The van der Waals surface area contributed by atoms with Gasteiger partial charge in [0.1, 0.15) is 0 Å². The number of aromatic nitrogens is 3. The fourth-order valence-electron chi connectivity index (χ4n) is 4.20. The number of rotatable bonds is 3. The van der Waals surface area contributed by atoms with Crippen molar-refractivity contribution >= 4 is 34.2 Å².